The van der Waals surface area contributed by atoms with Gasteiger partial charge in [0.1, 0.15) is 15.8 Å². The zero-order valence-corrected chi connectivity index (χ0v) is 13.6. The van der Waals surface area contributed by atoms with E-state index in [9.17, 15) is 8.42 Å². The number of rotatable bonds is 4. The molecule has 0 amide bonds. The van der Waals surface area contributed by atoms with E-state index in [1.165, 1.54) is 11.3 Å². The lowest BCUT2D eigenvalue weighted by Crippen LogP contribution is -2.04. The highest BCUT2D eigenvalue weighted by molar-refractivity contribution is 7.90. The molecule has 0 radical (unpaired) electrons. The highest BCUT2D eigenvalue weighted by Gasteiger charge is 2.18. The lowest BCUT2D eigenvalue weighted by atomic mass is 10.2. The Morgan fingerprint density at radius 1 is 0.955 bits per heavy atom. The largest absolute Gasteiger partial charge is 0.223 e. The molecule has 112 valence electrons. The molecule has 0 fully saturated rings. The minimum absolute atomic E-state index is 0.124. The van der Waals surface area contributed by atoms with Crippen LogP contribution in [0.15, 0.2) is 59.5 Å². The third-order valence-corrected chi connectivity index (χ3v) is 5.98. The first-order valence-electron chi connectivity index (χ1n) is 6.72. The van der Waals surface area contributed by atoms with Crippen LogP contribution in [0, 0.1) is 6.92 Å². The summed E-state index contributed by atoms with van der Waals surface area (Å²) in [6, 6.07) is 16.5. The summed E-state index contributed by atoms with van der Waals surface area (Å²) in [4.78, 5) is 0.314. The van der Waals surface area contributed by atoms with Crippen LogP contribution in [0.5, 0.6) is 0 Å². The third kappa shape index (κ3) is 3.23. The lowest BCUT2D eigenvalue weighted by Gasteiger charge is -2.02. The molecular weight excluding hydrogens is 316 g/mol. The summed E-state index contributed by atoms with van der Waals surface area (Å²) in [6.07, 6.45) is 0. The van der Waals surface area contributed by atoms with Crippen LogP contribution >= 0.6 is 11.3 Å². The molecule has 0 aliphatic carbocycles. The van der Waals surface area contributed by atoms with Crippen molar-refractivity contribution in [2.24, 2.45) is 0 Å². The van der Waals surface area contributed by atoms with Gasteiger partial charge in [-0.25, -0.2) is 8.42 Å². The second-order valence-corrected chi connectivity index (χ2v) is 7.99. The summed E-state index contributed by atoms with van der Waals surface area (Å²) in [7, 11) is -3.39. The average Bonchev–Trinajstić information content (AvgIpc) is 2.96. The fraction of sp³-hybridized carbons (Fsp3) is 0.125. The summed E-state index contributed by atoms with van der Waals surface area (Å²) in [5.41, 5.74) is 1.97. The first-order valence-corrected chi connectivity index (χ1v) is 9.19. The van der Waals surface area contributed by atoms with Gasteiger partial charge in [-0.05, 0) is 19.1 Å². The number of aromatic nitrogens is 2. The number of hydrogen-bond acceptors (Lipinski definition) is 5. The topological polar surface area (TPSA) is 59.9 Å². The summed E-state index contributed by atoms with van der Waals surface area (Å²) >= 11 is 1.31. The van der Waals surface area contributed by atoms with Gasteiger partial charge < -0.3 is 0 Å². The number of hydrogen-bond donors (Lipinski definition) is 0. The highest BCUT2D eigenvalue weighted by atomic mass is 32.2. The third-order valence-electron chi connectivity index (χ3n) is 3.18. The van der Waals surface area contributed by atoms with Crippen molar-refractivity contribution in [1.82, 2.24) is 10.2 Å². The summed E-state index contributed by atoms with van der Waals surface area (Å²) < 4.78 is 24.8. The Balaban J connectivity index is 1.84. The predicted octanol–water partition coefficient (Wildman–Crippen LogP) is 3.49. The molecule has 3 rings (SSSR count). The SMILES string of the molecule is Cc1ccc(S(=O)(=O)Cc2nnc(-c3ccccc3)s2)cc1. The zero-order chi connectivity index (χ0) is 15.6. The van der Waals surface area contributed by atoms with Crippen molar-refractivity contribution in [3.05, 3.63) is 65.2 Å². The Morgan fingerprint density at radius 2 is 1.64 bits per heavy atom. The van der Waals surface area contributed by atoms with Crippen LogP contribution < -0.4 is 0 Å². The van der Waals surface area contributed by atoms with Gasteiger partial charge in [0.05, 0.1) is 4.90 Å². The normalized spacial score (nSPS) is 11.5. The lowest BCUT2D eigenvalue weighted by molar-refractivity contribution is 0.595. The van der Waals surface area contributed by atoms with Crippen molar-refractivity contribution in [3.63, 3.8) is 0 Å². The van der Waals surface area contributed by atoms with E-state index in [2.05, 4.69) is 10.2 Å². The number of nitrogens with zero attached hydrogens (tertiary/aromatic N) is 2. The Labute approximate surface area is 133 Å². The predicted molar refractivity (Wildman–Crippen MR) is 87.4 cm³/mol. The van der Waals surface area contributed by atoms with Crippen molar-refractivity contribution in [3.8, 4) is 10.6 Å². The Morgan fingerprint density at radius 3 is 2.32 bits per heavy atom. The van der Waals surface area contributed by atoms with Crippen LogP contribution in [0.3, 0.4) is 0 Å². The minimum atomic E-state index is -3.39. The fourth-order valence-corrected chi connectivity index (χ4v) is 4.44. The van der Waals surface area contributed by atoms with Gasteiger partial charge in [-0.3, -0.25) is 0 Å². The van der Waals surface area contributed by atoms with Crippen molar-refractivity contribution in [2.75, 3.05) is 0 Å². The number of aryl methyl sites for hydroxylation is 1. The van der Waals surface area contributed by atoms with Crippen LogP contribution in [-0.2, 0) is 15.6 Å². The van der Waals surface area contributed by atoms with Crippen LogP contribution in [0.2, 0.25) is 0 Å². The van der Waals surface area contributed by atoms with Gasteiger partial charge in [0.2, 0.25) is 0 Å². The molecule has 0 bridgehead atoms. The Kier molecular flexibility index (Phi) is 4.04. The second-order valence-electron chi connectivity index (χ2n) is 4.94. The van der Waals surface area contributed by atoms with E-state index in [0.29, 0.717) is 9.90 Å². The van der Waals surface area contributed by atoms with Gasteiger partial charge in [0, 0.05) is 5.56 Å². The Hall–Kier alpha value is -2.05. The number of sulfone groups is 1. The second kappa shape index (κ2) is 5.98. The molecule has 6 heteroatoms. The maximum absolute atomic E-state index is 12.4. The molecule has 2 aromatic carbocycles. The van der Waals surface area contributed by atoms with Gasteiger partial charge in [-0.15, -0.1) is 10.2 Å². The van der Waals surface area contributed by atoms with Crippen molar-refractivity contribution >= 4 is 21.2 Å². The van der Waals surface area contributed by atoms with Crippen LogP contribution in [-0.4, -0.2) is 18.6 Å². The van der Waals surface area contributed by atoms with Gasteiger partial charge in [-0.2, -0.15) is 0 Å². The van der Waals surface area contributed by atoms with Gasteiger partial charge in [-0.1, -0.05) is 59.4 Å². The molecule has 0 atom stereocenters. The smallest absolute Gasteiger partial charge is 0.184 e. The first-order chi connectivity index (χ1) is 10.5. The van der Waals surface area contributed by atoms with E-state index in [1.807, 2.05) is 37.3 Å². The fourth-order valence-electron chi connectivity index (χ4n) is 2.00. The molecule has 0 saturated carbocycles. The van der Waals surface area contributed by atoms with E-state index in [0.717, 1.165) is 16.1 Å². The molecule has 22 heavy (non-hydrogen) atoms. The monoisotopic (exact) mass is 330 g/mol. The van der Waals surface area contributed by atoms with Gasteiger partial charge in [0.15, 0.2) is 9.84 Å². The first kappa shape index (κ1) is 14.9. The van der Waals surface area contributed by atoms with Crippen LogP contribution in [0.1, 0.15) is 10.6 Å². The molecular formula is C16H14N2O2S2. The van der Waals surface area contributed by atoms with Crippen molar-refractivity contribution in [1.29, 1.82) is 0 Å². The molecule has 0 N–H and O–H groups in total. The molecule has 4 nitrogen and oxygen atoms in total. The van der Waals surface area contributed by atoms with Crippen LogP contribution in [0.4, 0.5) is 0 Å². The minimum Gasteiger partial charge on any atom is -0.223 e. The highest BCUT2D eigenvalue weighted by Crippen LogP contribution is 2.25. The number of benzene rings is 2. The van der Waals surface area contributed by atoms with E-state index in [4.69, 9.17) is 0 Å². The van der Waals surface area contributed by atoms with E-state index < -0.39 is 9.84 Å². The molecule has 0 aliphatic rings. The van der Waals surface area contributed by atoms with Crippen LogP contribution in [0.25, 0.3) is 10.6 Å². The molecule has 3 aromatic rings. The maximum atomic E-state index is 12.4. The average molecular weight is 330 g/mol. The molecule has 0 aliphatic heterocycles. The van der Waals surface area contributed by atoms with E-state index in [-0.39, 0.29) is 5.75 Å². The molecule has 0 spiro atoms. The standard InChI is InChI=1S/C16H14N2O2S2/c1-12-7-9-14(10-8-12)22(19,20)11-15-17-18-16(21-15)13-5-3-2-4-6-13/h2-10H,11H2,1H3. The molecule has 1 heterocycles. The van der Waals surface area contributed by atoms with E-state index >= 15 is 0 Å². The van der Waals surface area contributed by atoms with Gasteiger partial charge in [0.25, 0.3) is 0 Å². The quantitative estimate of drug-likeness (QED) is 0.735. The molecule has 0 saturated heterocycles. The Bertz CT molecular complexity index is 870. The molecule has 0 unspecified atom stereocenters. The maximum Gasteiger partial charge on any atom is 0.184 e. The van der Waals surface area contributed by atoms with Gasteiger partial charge >= 0.3 is 0 Å². The van der Waals surface area contributed by atoms with E-state index in [1.54, 1.807) is 24.3 Å². The zero-order valence-electron chi connectivity index (χ0n) is 11.9. The van der Waals surface area contributed by atoms with Crippen molar-refractivity contribution < 1.29 is 8.42 Å². The summed E-state index contributed by atoms with van der Waals surface area (Å²) in [5, 5.41) is 9.32. The summed E-state index contributed by atoms with van der Waals surface area (Å²) in [5.74, 6) is -0.124. The molecule has 1 aromatic heterocycles. The van der Waals surface area contributed by atoms with Crippen molar-refractivity contribution in [2.45, 2.75) is 17.6 Å². The summed E-state index contributed by atoms with van der Waals surface area (Å²) in [6.45, 7) is 1.92.